The highest BCUT2D eigenvalue weighted by Crippen LogP contribution is 2.27. The predicted octanol–water partition coefficient (Wildman–Crippen LogP) is 1.97. The number of piperidine rings is 1. The van der Waals surface area contributed by atoms with Crippen LogP contribution in [0, 0.1) is 17.6 Å². The van der Waals surface area contributed by atoms with Crippen molar-refractivity contribution in [3.8, 4) is 0 Å². The number of nitrogens with zero attached hydrogens (tertiary/aromatic N) is 1. The maximum Gasteiger partial charge on any atom is 0.246 e. The van der Waals surface area contributed by atoms with Gasteiger partial charge in [0.2, 0.25) is 10.0 Å². The largest absolute Gasteiger partial charge is 0.317 e. The lowest BCUT2D eigenvalue weighted by Crippen LogP contribution is -2.45. The van der Waals surface area contributed by atoms with Crippen molar-refractivity contribution in [1.29, 1.82) is 0 Å². The molecule has 2 unspecified atom stereocenters. The van der Waals surface area contributed by atoms with E-state index < -0.39 is 26.6 Å². The maximum absolute atomic E-state index is 13.8. The molecule has 0 saturated carbocycles. The summed E-state index contributed by atoms with van der Waals surface area (Å²) in [6.45, 7) is 2.65. The first-order valence-electron chi connectivity index (χ1n) is 6.98. The second kappa shape index (κ2) is 6.37. The van der Waals surface area contributed by atoms with E-state index >= 15 is 0 Å². The number of sulfonamides is 1. The lowest BCUT2D eigenvalue weighted by molar-refractivity contribution is 0.228. The molecular formula is C14H20F2N2O2S. The van der Waals surface area contributed by atoms with Gasteiger partial charge in [-0.25, -0.2) is 17.2 Å². The van der Waals surface area contributed by atoms with Crippen molar-refractivity contribution in [2.45, 2.75) is 30.7 Å². The van der Waals surface area contributed by atoms with Crippen LogP contribution in [0.25, 0.3) is 0 Å². The van der Waals surface area contributed by atoms with Crippen LogP contribution in [-0.4, -0.2) is 38.9 Å². The molecule has 1 aliphatic heterocycles. The quantitative estimate of drug-likeness (QED) is 0.923. The zero-order valence-corrected chi connectivity index (χ0v) is 13.0. The van der Waals surface area contributed by atoms with Gasteiger partial charge in [-0.1, -0.05) is 0 Å². The molecule has 4 nitrogen and oxygen atoms in total. The van der Waals surface area contributed by atoms with E-state index in [1.165, 1.54) is 4.31 Å². The van der Waals surface area contributed by atoms with Crippen molar-refractivity contribution >= 4 is 10.0 Å². The Labute approximate surface area is 124 Å². The van der Waals surface area contributed by atoms with Crippen molar-refractivity contribution < 1.29 is 17.2 Å². The number of hydrogen-bond donors (Lipinski definition) is 1. The molecule has 21 heavy (non-hydrogen) atoms. The summed E-state index contributed by atoms with van der Waals surface area (Å²) >= 11 is 0. The number of halogens is 2. The van der Waals surface area contributed by atoms with Crippen molar-refractivity contribution in [3.63, 3.8) is 0 Å². The molecule has 7 heteroatoms. The van der Waals surface area contributed by atoms with Gasteiger partial charge in [-0.15, -0.1) is 0 Å². The smallest absolute Gasteiger partial charge is 0.246 e. The SMILES string of the molecule is CNC(C)C1CCCN(S(=O)(=O)c2cc(F)ccc2F)C1. The number of benzene rings is 1. The molecule has 1 fully saturated rings. The Morgan fingerprint density at radius 1 is 1.38 bits per heavy atom. The van der Waals surface area contributed by atoms with Gasteiger partial charge in [0.25, 0.3) is 0 Å². The molecule has 0 aliphatic carbocycles. The molecular weight excluding hydrogens is 298 g/mol. The topological polar surface area (TPSA) is 49.4 Å². The van der Waals surface area contributed by atoms with Crippen molar-refractivity contribution in [2.75, 3.05) is 20.1 Å². The Kier molecular flexibility index (Phi) is 4.95. The van der Waals surface area contributed by atoms with Crippen LogP contribution in [0.1, 0.15) is 19.8 Å². The van der Waals surface area contributed by atoms with Crippen LogP contribution in [0.15, 0.2) is 23.1 Å². The first kappa shape index (κ1) is 16.3. The van der Waals surface area contributed by atoms with E-state index in [1.54, 1.807) is 0 Å². The van der Waals surface area contributed by atoms with E-state index in [-0.39, 0.29) is 12.0 Å². The van der Waals surface area contributed by atoms with Crippen LogP contribution >= 0.6 is 0 Å². The van der Waals surface area contributed by atoms with Gasteiger partial charge in [0.1, 0.15) is 16.5 Å². The summed E-state index contributed by atoms with van der Waals surface area (Å²) in [5.41, 5.74) is 0. The Morgan fingerprint density at radius 3 is 2.76 bits per heavy atom. The van der Waals surface area contributed by atoms with Gasteiger partial charge >= 0.3 is 0 Å². The van der Waals surface area contributed by atoms with Gasteiger partial charge in [0, 0.05) is 19.1 Å². The Hall–Kier alpha value is -1.05. The molecule has 0 aromatic heterocycles. The maximum atomic E-state index is 13.8. The van der Waals surface area contributed by atoms with Gasteiger partial charge in [0.05, 0.1) is 0 Å². The zero-order chi connectivity index (χ0) is 15.6. The molecule has 0 bridgehead atoms. The third kappa shape index (κ3) is 3.41. The monoisotopic (exact) mass is 318 g/mol. The first-order valence-corrected chi connectivity index (χ1v) is 8.42. The van der Waals surface area contributed by atoms with E-state index in [2.05, 4.69) is 5.32 Å². The van der Waals surface area contributed by atoms with E-state index in [0.717, 1.165) is 24.6 Å². The Bertz CT molecular complexity index is 607. The number of hydrogen-bond acceptors (Lipinski definition) is 3. The molecule has 0 spiro atoms. The molecule has 1 aliphatic rings. The van der Waals surface area contributed by atoms with E-state index in [1.807, 2.05) is 14.0 Å². The normalized spacial score (nSPS) is 22.2. The van der Waals surface area contributed by atoms with Gasteiger partial charge in [-0.05, 0) is 50.9 Å². The molecule has 0 amide bonds. The fourth-order valence-electron chi connectivity index (χ4n) is 2.65. The second-order valence-electron chi connectivity index (χ2n) is 5.42. The molecule has 2 rings (SSSR count). The summed E-state index contributed by atoms with van der Waals surface area (Å²) in [5, 5.41) is 3.11. The number of rotatable bonds is 4. The summed E-state index contributed by atoms with van der Waals surface area (Å²) in [7, 11) is -2.18. The molecule has 1 aromatic rings. The van der Waals surface area contributed by atoms with E-state index in [0.29, 0.717) is 19.5 Å². The molecule has 1 saturated heterocycles. The third-order valence-corrected chi connectivity index (χ3v) is 5.97. The average Bonchev–Trinajstić information content (AvgIpc) is 2.49. The van der Waals surface area contributed by atoms with Gasteiger partial charge in [0.15, 0.2) is 0 Å². The molecule has 1 N–H and O–H groups in total. The zero-order valence-electron chi connectivity index (χ0n) is 12.1. The molecule has 1 aromatic carbocycles. The fraction of sp³-hybridized carbons (Fsp3) is 0.571. The van der Waals surface area contributed by atoms with Crippen LogP contribution < -0.4 is 5.32 Å². The van der Waals surface area contributed by atoms with Gasteiger partial charge < -0.3 is 5.32 Å². The highest BCUT2D eigenvalue weighted by atomic mass is 32.2. The van der Waals surface area contributed by atoms with Gasteiger partial charge in [-0.3, -0.25) is 0 Å². The van der Waals surface area contributed by atoms with E-state index in [4.69, 9.17) is 0 Å². The molecule has 118 valence electrons. The lowest BCUT2D eigenvalue weighted by Gasteiger charge is -2.34. The molecule has 0 radical (unpaired) electrons. The van der Waals surface area contributed by atoms with Crippen molar-refractivity contribution in [2.24, 2.45) is 5.92 Å². The predicted molar refractivity (Wildman–Crippen MR) is 76.4 cm³/mol. The van der Waals surface area contributed by atoms with Crippen LogP contribution in [-0.2, 0) is 10.0 Å². The summed E-state index contributed by atoms with van der Waals surface area (Å²) in [4.78, 5) is -0.583. The van der Waals surface area contributed by atoms with Crippen LogP contribution in [0.2, 0.25) is 0 Å². The van der Waals surface area contributed by atoms with Crippen LogP contribution in [0.3, 0.4) is 0 Å². The van der Waals surface area contributed by atoms with Crippen LogP contribution in [0.5, 0.6) is 0 Å². The highest BCUT2D eigenvalue weighted by molar-refractivity contribution is 7.89. The number of nitrogens with one attached hydrogen (secondary N) is 1. The summed E-state index contributed by atoms with van der Waals surface area (Å²) in [5.74, 6) is -1.51. The standard InChI is InChI=1S/C14H20F2N2O2S/c1-10(17-2)11-4-3-7-18(9-11)21(19,20)14-8-12(15)5-6-13(14)16/h5-6,8,10-11,17H,3-4,7,9H2,1-2H3. The van der Waals surface area contributed by atoms with Gasteiger partial charge in [-0.2, -0.15) is 4.31 Å². The first-order chi connectivity index (χ1) is 9.86. The van der Waals surface area contributed by atoms with Crippen LogP contribution in [0.4, 0.5) is 8.78 Å². The Morgan fingerprint density at radius 2 is 2.10 bits per heavy atom. The van der Waals surface area contributed by atoms with Crippen molar-refractivity contribution in [1.82, 2.24) is 9.62 Å². The molecule has 1 heterocycles. The molecule has 2 atom stereocenters. The summed E-state index contributed by atoms with van der Waals surface area (Å²) in [6, 6.07) is 2.67. The minimum absolute atomic E-state index is 0.162. The average molecular weight is 318 g/mol. The highest BCUT2D eigenvalue weighted by Gasteiger charge is 2.33. The van der Waals surface area contributed by atoms with Crippen molar-refractivity contribution in [3.05, 3.63) is 29.8 Å². The summed E-state index contributed by atoms with van der Waals surface area (Å²) in [6.07, 6.45) is 1.63. The third-order valence-electron chi connectivity index (χ3n) is 4.09. The minimum atomic E-state index is -4.00. The van der Waals surface area contributed by atoms with E-state index in [9.17, 15) is 17.2 Å². The lowest BCUT2D eigenvalue weighted by atomic mass is 9.93. The minimum Gasteiger partial charge on any atom is -0.317 e. The Balaban J connectivity index is 2.29. The second-order valence-corrected chi connectivity index (χ2v) is 7.32. The fourth-order valence-corrected chi connectivity index (χ4v) is 4.26. The summed E-state index contributed by atoms with van der Waals surface area (Å²) < 4.78 is 53.3.